The molecule has 0 radical (unpaired) electrons. The molecule has 0 spiro atoms. The molecule has 2 rings (SSSR count). The highest BCUT2D eigenvalue weighted by molar-refractivity contribution is 4.76. The molecule has 2 fully saturated rings. The van der Waals surface area contributed by atoms with Gasteiger partial charge in [0, 0.05) is 45.8 Å². The molecular weight excluding hydrogens is 262 g/mol. The van der Waals surface area contributed by atoms with Crippen molar-refractivity contribution in [2.45, 2.75) is 47.1 Å². The Bertz CT molecular complexity index is 253. The lowest BCUT2D eigenvalue weighted by atomic mass is 9.92. The van der Waals surface area contributed by atoms with Crippen molar-refractivity contribution in [3.63, 3.8) is 0 Å². The molecule has 0 aromatic rings. The van der Waals surface area contributed by atoms with E-state index in [-0.39, 0.29) is 0 Å². The van der Waals surface area contributed by atoms with E-state index in [1.807, 2.05) is 13.8 Å². The summed E-state index contributed by atoms with van der Waals surface area (Å²) in [6.07, 6.45) is 1.78. The van der Waals surface area contributed by atoms with Crippen LogP contribution in [0.4, 0.5) is 0 Å². The van der Waals surface area contributed by atoms with Crippen molar-refractivity contribution >= 4 is 0 Å². The fourth-order valence-corrected chi connectivity index (χ4v) is 2.46. The first-order valence-corrected chi connectivity index (χ1v) is 8.80. The third-order valence-corrected chi connectivity index (χ3v) is 4.15. The molecule has 0 amide bonds. The minimum absolute atomic E-state index is 0.460. The molecule has 1 N–H and O–H groups in total. The molecule has 2 aliphatic heterocycles. The second-order valence-electron chi connectivity index (χ2n) is 7.14. The minimum atomic E-state index is 0.460. The first-order chi connectivity index (χ1) is 10.0. The Morgan fingerprint density at radius 1 is 0.952 bits per heavy atom. The van der Waals surface area contributed by atoms with E-state index in [0.29, 0.717) is 11.5 Å². The molecule has 2 saturated heterocycles. The van der Waals surface area contributed by atoms with Gasteiger partial charge in [-0.25, -0.2) is 0 Å². The second kappa shape index (κ2) is 9.78. The predicted molar refractivity (Wildman–Crippen MR) is 90.9 cm³/mol. The molecule has 0 aromatic heterocycles. The Kier molecular flexibility index (Phi) is 8.79. The number of hydrogen-bond donors (Lipinski definition) is 1. The molecule has 4 heteroatoms. The SMILES string of the molecule is CC.CC(C)(C)CCN1CCN(CCOC2CNC2)CC1. The molecule has 21 heavy (non-hydrogen) atoms. The van der Waals surface area contributed by atoms with Crippen LogP contribution in [0.25, 0.3) is 0 Å². The van der Waals surface area contributed by atoms with Gasteiger partial charge in [0.1, 0.15) is 0 Å². The van der Waals surface area contributed by atoms with Crippen LogP contribution in [0.1, 0.15) is 41.0 Å². The highest BCUT2D eigenvalue weighted by Crippen LogP contribution is 2.19. The van der Waals surface area contributed by atoms with Gasteiger partial charge >= 0.3 is 0 Å². The maximum Gasteiger partial charge on any atom is 0.0824 e. The van der Waals surface area contributed by atoms with E-state index in [0.717, 1.165) is 26.2 Å². The molecule has 0 aromatic carbocycles. The van der Waals surface area contributed by atoms with Crippen LogP contribution in [0.2, 0.25) is 0 Å². The Hall–Kier alpha value is -0.160. The number of nitrogens with one attached hydrogen (secondary N) is 1. The first-order valence-electron chi connectivity index (χ1n) is 8.80. The molecular formula is C17H37N3O. The summed E-state index contributed by atoms with van der Waals surface area (Å²) >= 11 is 0. The van der Waals surface area contributed by atoms with Crippen molar-refractivity contribution in [3.05, 3.63) is 0 Å². The van der Waals surface area contributed by atoms with Crippen molar-refractivity contribution in [2.24, 2.45) is 5.41 Å². The zero-order valence-corrected chi connectivity index (χ0v) is 15.0. The summed E-state index contributed by atoms with van der Waals surface area (Å²) in [4.78, 5) is 5.15. The zero-order chi connectivity index (χ0) is 15.7. The van der Waals surface area contributed by atoms with E-state index in [1.165, 1.54) is 39.1 Å². The average Bonchev–Trinajstić information content (AvgIpc) is 2.42. The van der Waals surface area contributed by atoms with Crippen LogP contribution in [0.3, 0.4) is 0 Å². The minimum Gasteiger partial charge on any atom is -0.374 e. The summed E-state index contributed by atoms with van der Waals surface area (Å²) in [5, 5.41) is 3.24. The van der Waals surface area contributed by atoms with Crippen molar-refractivity contribution in [1.82, 2.24) is 15.1 Å². The Labute approximate surface area is 132 Å². The normalized spacial score (nSPS) is 21.6. The third kappa shape index (κ3) is 8.15. The summed E-state index contributed by atoms with van der Waals surface area (Å²) in [6.45, 7) is 21.2. The van der Waals surface area contributed by atoms with Crippen LogP contribution in [-0.4, -0.2) is 74.9 Å². The lowest BCUT2D eigenvalue weighted by Gasteiger charge is -2.36. The highest BCUT2D eigenvalue weighted by Gasteiger charge is 2.20. The summed E-state index contributed by atoms with van der Waals surface area (Å²) in [7, 11) is 0. The molecule has 0 aliphatic carbocycles. The third-order valence-electron chi connectivity index (χ3n) is 4.15. The molecule has 2 aliphatic rings. The smallest absolute Gasteiger partial charge is 0.0824 e. The van der Waals surface area contributed by atoms with Gasteiger partial charge in [-0.3, -0.25) is 4.90 Å². The van der Waals surface area contributed by atoms with Crippen LogP contribution in [0.5, 0.6) is 0 Å². The summed E-state index contributed by atoms with van der Waals surface area (Å²) in [6, 6.07) is 0. The lowest BCUT2D eigenvalue weighted by molar-refractivity contribution is 0.00131. The topological polar surface area (TPSA) is 27.7 Å². The van der Waals surface area contributed by atoms with Crippen molar-refractivity contribution in [3.8, 4) is 0 Å². The van der Waals surface area contributed by atoms with E-state index in [1.54, 1.807) is 0 Å². The van der Waals surface area contributed by atoms with Gasteiger partial charge in [-0.2, -0.15) is 0 Å². The fraction of sp³-hybridized carbons (Fsp3) is 1.00. The van der Waals surface area contributed by atoms with Gasteiger partial charge in [-0.1, -0.05) is 34.6 Å². The van der Waals surface area contributed by atoms with Gasteiger partial charge in [-0.15, -0.1) is 0 Å². The molecule has 2 heterocycles. The number of rotatable bonds is 6. The summed E-state index contributed by atoms with van der Waals surface area (Å²) in [5.74, 6) is 0. The largest absolute Gasteiger partial charge is 0.374 e. The monoisotopic (exact) mass is 299 g/mol. The van der Waals surface area contributed by atoms with Crippen molar-refractivity contribution < 1.29 is 4.74 Å². The summed E-state index contributed by atoms with van der Waals surface area (Å²) < 4.78 is 5.78. The molecule has 0 bridgehead atoms. The highest BCUT2D eigenvalue weighted by atomic mass is 16.5. The van der Waals surface area contributed by atoms with Gasteiger partial charge in [0.2, 0.25) is 0 Å². The Balaban J connectivity index is 0.00000106. The molecule has 4 nitrogen and oxygen atoms in total. The van der Waals surface area contributed by atoms with Crippen molar-refractivity contribution in [2.75, 3.05) is 59.0 Å². The summed E-state index contributed by atoms with van der Waals surface area (Å²) in [5.41, 5.74) is 0.460. The molecule has 0 unspecified atom stereocenters. The fourth-order valence-electron chi connectivity index (χ4n) is 2.46. The number of piperazine rings is 1. The average molecular weight is 300 g/mol. The quantitative estimate of drug-likeness (QED) is 0.812. The molecule has 126 valence electrons. The van der Waals surface area contributed by atoms with Crippen molar-refractivity contribution in [1.29, 1.82) is 0 Å². The van der Waals surface area contributed by atoms with E-state index in [2.05, 4.69) is 35.9 Å². The van der Waals surface area contributed by atoms with E-state index < -0.39 is 0 Å². The maximum absolute atomic E-state index is 5.78. The van der Waals surface area contributed by atoms with Gasteiger partial charge in [0.15, 0.2) is 0 Å². The first kappa shape index (κ1) is 18.9. The predicted octanol–water partition coefficient (Wildman–Crippen LogP) is 2.05. The van der Waals surface area contributed by atoms with Crippen LogP contribution in [-0.2, 0) is 4.74 Å². The number of nitrogens with zero attached hydrogens (tertiary/aromatic N) is 2. The number of ether oxygens (including phenoxy) is 1. The maximum atomic E-state index is 5.78. The van der Waals surface area contributed by atoms with E-state index >= 15 is 0 Å². The second-order valence-corrected chi connectivity index (χ2v) is 7.14. The molecule has 0 saturated carbocycles. The van der Waals surface area contributed by atoms with Crippen LogP contribution in [0.15, 0.2) is 0 Å². The van der Waals surface area contributed by atoms with E-state index in [9.17, 15) is 0 Å². The van der Waals surface area contributed by atoms with Crippen LogP contribution >= 0.6 is 0 Å². The van der Waals surface area contributed by atoms with Gasteiger partial charge in [0.05, 0.1) is 12.7 Å². The standard InChI is InChI=1S/C15H31N3O.C2H6/c1-15(2,3)4-5-17-6-8-18(9-7-17)10-11-19-14-12-16-13-14;1-2/h14,16H,4-13H2,1-3H3;1-2H3. The molecule has 0 atom stereocenters. The van der Waals surface area contributed by atoms with Gasteiger partial charge in [0.25, 0.3) is 0 Å². The number of hydrogen-bond acceptors (Lipinski definition) is 4. The van der Waals surface area contributed by atoms with Gasteiger partial charge in [-0.05, 0) is 18.4 Å². The van der Waals surface area contributed by atoms with Crippen LogP contribution < -0.4 is 5.32 Å². The van der Waals surface area contributed by atoms with E-state index in [4.69, 9.17) is 4.74 Å². The van der Waals surface area contributed by atoms with Gasteiger partial charge < -0.3 is 15.0 Å². The Morgan fingerprint density at radius 3 is 1.90 bits per heavy atom. The lowest BCUT2D eigenvalue weighted by Crippen LogP contribution is -2.50. The zero-order valence-electron chi connectivity index (χ0n) is 15.0. The van der Waals surface area contributed by atoms with Crippen LogP contribution in [0, 0.1) is 5.41 Å². The Morgan fingerprint density at radius 2 is 1.48 bits per heavy atom.